The van der Waals surface area contributed by atoms with Gasteiger partial charge in [-0.25, -0.2) is 0 Å². The van der Waals surface area contributed by atoms with Crippen molar-refractivity contribution in [3.63, 3.8) is 0 Å². The van der Waals surface area contributed by atoms with E-state index in [1.807, 2.05) is 0 Å². The maximum Gasteiger partial charge on any atom is 0.573 e. The van der Waals surface area contributed by atoms with Crippen LogP contribution in [0.1, 0.15) is 19.8 Å². The van der Waals surface area contributed by atoms with Gasteiger partial charge in [-0.3, -0.25) is 9.52 Å². The molecule has 0 bridgehead atoms. The van der Waals surface area contributed by atoms with Crippen molar-refractivity contribution in [2.45, 2.75) is 26.1 Å². The number of rotatable bonds is 6. The first kappa shape index (κ1) is 20.3. The number of esters is 1. The third-order valence-electron chi connectivity index (χ3n) is 3.75. The largest absolute Gasteiger partial charge is 0.573 e. The van der Waals surface area contributed by atoms with Gasteiger partial charge >= 0.3 is 22.5 Å². The van der Waals surface area contributed by atoms with Gasteiger partial charge in [-0.05, 0) is 44.0 Å². The Kier molecular flexibility index (Phi) is 6.34. The fourth-order valence-electron chi connectivity index (χ4n) is 2.53. The fraction of sp³-hybridized carbons (Fsp3) is 0.533. The Labute approximate surface area is 149 Å². The zero-order valence-electron chi connectivity index (χ0n) is 14.0. The van der Waals surface area contributed by atoms with Gasteiger partial charge in [-0.2, -0.15) is 12.7 Å². The van der Waals surface area contributed by atoms with Gasteiger partial charge in [0.25, 0.3) is 0 Å². The Bertz CT molecular complexity index is 714. The molecule has 2 rings (SSSR count). The molecule has 0 radical (unpaired) electrons. The van der Waals surface area contributed by atoms with E-state index in [-0.39, 0.29) is 37.3 Å². The molecule has 7 nitrogen and oxygen atoms in total. The molecule has 0 spiro atoms. The van der Waals surface area contributed by atoms with Crippen molar-refractivity contribution in [1.29, 1.82) is 0 Å². The van der Waals surface area contributed by atoms with Crippen LogP contribution in [0, 0.1) is 5.92 Å². The normalized spacial score (nSPS) is 16.9. The Morgan fingerprint density at radius 3 is 2.31 bits per heavy atom. The third kappa shape index (κ3) is 5.77. The zero-order chi connectivity index (χ0) is 19.4. The number of piperidine rings is 1. The van der Waals surface area contributed by atoms with Crippen molar-refractivity contribution in [2.24, 2.45) is 5.92 Å². The van der Waals surface area contributed by atoms with E-state index in [4.69, 9.17) is 4.74 Å². The summed E-state index contributed by atoms with van der Waals surface area (Å²) in [5.74, 6) is -1.12. The van der Waals surface area contributed by atoms with Crippen LogP contribution >= 0.6 is 0 Å². The van der Waals surface area contributed by atoms with Gasteiger partial charge < -0.3 is 9.47 Å². The average Bonchev–Trinajstić information content (AvgIpc) is 2.55. The highest BCUT2D eigenvalue weighted by atomic mass is 32.2. The summed E-state index contributed by atoms with van der Waals surface area (Å²) in [5.41, 5.74) is 0.104. The molecular formula is C15H19F3N2O5S. The van der Waals surface area contributed by atoms with Crippen LogP contribution in [0.4, 0.5) is 18.9 Å². The Balaban J connectivity index is 1.94. The molecule has 0 unspecified atom stereocenters. The Morgan fingerprint density at radius 2 is 1.81 bits per heavy atom. The molecule has 1 saturated heterocycles. The van der Waals surface area contributed by atoms with Crippen molar-refractivity contribution >= 4 is 21.9 Å². The highest BCUT2D eigenvalue weighted by Crippen LogP contribution is 2.25. The number of carbonyl (C=O) groups excluding carboxylic acids is 1. The minimum atomic E-state index is -4.82. The number of carbonyl (C=O) groups is 1. The molecule has 0 amide bonds. The summed E-state index contributed by atoms with van der Waals surface area (Å²) < 4.78 is 73.2. The van der Waals surface area contributed by atoms with E-state index in [9.17, 15) is 26.4 Å². The number of halogens is 3. The van der Waals surface area contributed by atoms with Gasteiger partial charge in [0.15, 0.2) is 0 Å². The molecule has 0 saturated carbocycles. The molecule has 11 heteroatoms. The summed E-state index contributed by atoms with van der Waals surface area (Å²) in [6.45, 7) is 2.27. The molecular weight excluding hydrogens is 377 g/mol. The summed E-state index contributed by atoms with van der Waals surface area (Å²) >= 11 is 0. The summed E-state index contributed by atoms with van der Waals surface area (Å²) in [4.78, 5) is 11.7. The molecule has 0 atom stereocenters. The summed E-state index contributed by atoms with van der Waals surface area (Å²) in [5, 5.41) is 0. The van der Waals surface area contributed by atoms with E-state index in [0.717, 1.165) is 12.1 Å². The van der Waals surface area contributed by atoms with E-state index in [1.165, 1.54) is 16.4 Å². The lowest BCUT2D eigenvalue weighted by atomic mass is 9.98. The number of alkyl halides is 3. The summed E-state index contributed by atoms with van der Waals surface area (Å²) in [7, 11) is -3.88. The van der Waals surface area contributed by atoms with E-state index < -0.39 is 22.3 Å². The van der Waals surface area contributed by atoms with E-state index in [1.54, 1.807) is 6.92 Å². The molecule has 1 aliphatic rings. The van der Waals surface area contributed by atoms with Crippen molar-refractivity contribution in [3.05, 3.63) is 24.3 Å². The molecule has 1 fully saturated rings. The van der Waals surface area contributed by atoms with Crippen LogP contribution in [-0.2, 0) is 19.7 Å². The van der Waals surface area contributed by atoms with Gasteiger partial charge in [0.2, 0.25) is 0 Å². The maximum atomic E-state index is 12.4. The number of hydrogen-bond donors (Lipinski definition) is 1. The number of anilines is 1. The average molecular weight is 396 g/mol. The van der Waals surface area contributed by atoms with Crippen molar-refractivity contribution in [1.82, 2.24) is 4.31 Å². The number of hydrogen-bond acceptors (Lipinski definition) is 5. The first-order valence-corrected chi connectivity index (χ1v) is 9.35. The Morgan fingerprint density at radius 1 is 1.23 bits per heavy atom. The first-order chi connectivity index (χ1) is 12.1. The van der Waals surface area contributed by atoms with Gasteiger partial charge in [0, 0.05) is 13.1 Å². The predicted octanol–water partition coefficient (Wildman–Crippen LogP) is 2.52. The van der Waals surface area contributed by atoms with Crippen LogP contribution in [0.15, 0.2) is 24.3 Å². The highest BCUT2D eigenvalue weighted by Gasteiger charge is 2.32. The van der Waals surface area contributed by atoms with Crippen LogP contribution in [0.2, 0.25) is 0 Å². The van der Waals surface area contributed by atoms with Gasteiger partial charge in [-0.15, -0.1) is 13.2 Å². The van der Waals surface area contributed by atoms with Crippen molar-refractivity contribution in [3.8, 4) is 5.75 Å². The van der Waals surface area contributed by atoms with E-state index in [2.05, 4.69) is 9.46 Å². The van der Waals surface area contributed by atoms with Gasteiger partial charge in [0.05, 0.1) is 18.2 Å². The number of nitrogens with one attached hydrogen (secondary N) is 1. The number of ether oxygens (including phenoxy) is 2. The summed E-state index contributed by atoms with van der Waals surface area (Å²) in [6.07, 6.45) is -4.12. The highest BCUT2D eigenvalue weighted by molar-refractivity contribution is 7.90. The maximum absolute atomic E-state index is 12.4. The molecule has 146 valence electrons. The van der Waals surface area contributed by atoms with Gasteiger partial charge in [-0.1, -0.05) is 0 Å². The first-order valence-electron chi connectivity index (χ1n) is 7.91. The molecule has 1 aromatic rings. The molecule has 1 N–H and O–H groups in total. The molecule has 26 heavy (non-hydrogen) atoms. The monoisotopic (exact) mass is 396 g/mol. The molecule has 1 aromatic carbocycles. The van der Waals surface area contributed by atoms with Crippen molar-refractivity contribution < 1.29 is 35.9 Å². The second-order valence-corrected chi connectivity index (χ2v) is 7.28. The predicted molar refractivity (Wildman–Crippen MR) is 86.6 cm³/mol. The second kappa shape index (κ2) is 8.12. The smallest absolute Gasteiger partial charge is 0.466 e. The van der Waals surface area contributed by atoms with Crippen LogP contribution in [0.25, 0.3) is 0 Å². The molecule has 1 aliphatic heterocycles. The van der Waals surface area contributed by atoms with E-state index in [0.29, 0.717) is 12.8 Å². The molecule has 0 aliphatic carbocycles. The Hall–Kier alpha value is -2.01. The quantitative estimate of drug-likeness (QED) is 0.747. The lowest BCUT2D eigenvalue weighted by molar-refractivity contribution is -0.274. The minimum Gasteiger partial charge on any atom is -0.466 e. The van der Waals surface area contributed by atoms with Crippen LogP contribution in [0.3, 0.4) is 0 Å². The standard InChI is InChI=1S/C15H19F3N2O5S/c1-2-24-14(21)11-7-9-20(10-8-11)26(22,23)19-12-3-5-13(6-4-12)25-15(16,17)18/h3-6,11,19H,2,7-10H2,1H3. The lowest BCUT2D eigenvalue weighted by Gasteiger charge is -2.30. The minimum absolute atomic E-state index is 0.104. The van der Waals surface area contributed by atoms with Crippen LogP contribution in [0.5, 0.6) is 5.75 Å². The van der Waals surface area contributed by atoms with Crippen molar-refractivity contribution in [2.75, 3.05) is 24.4 Å². The van der Waals surface area contributed by atoms with Crippen LogP contribution in [-0.4, -0.2) is 44.8 Å². The number of nitrogens with zero attached hydrogens (tertiary/aromatic N) is 1. The van der Waals surface area contributed by atoms with Crippen LogP contribution < -0.4 is 9.46 Å². The molecule has 1 heterocycles. The lowest BCUT2D eigenvalue weighted by Crippen LogP contribution is -2.43. The van der Waals surface area contributed by atoms with E-state index >= 15 is 0 Å². The summed E-state index contributed by atoms with van der Waals surface area (Å²) in [6, 6.07) is 4.37. The topological polar surface area (TPSA) is 84.9 Å². The van der Waals surface area contributed by atoms with Gasteiger partial charge in [0.1, 0.15) is 5.75 Å². The zero-order valence-corrected chi connectivity index (χ0v) is 14.8. The second-order valence-electron chi connectivity index (χ2n) is 5.60. The third-order valence-corrected chi connectivity index (χ3v) is 5.29. The fourth-order valence-corrected chi connectivity index (χ4v) is 3.78. The SMILES string of the molecule is CCOC(=O)C1CCN(S(=O)(=O)Nc2ccc(OC(F)(F)F)cc2)CC1. The number of benzene rings is 1. The molecule has 0 aromatic heterocycles.